The number of benzene rings is 2. The average Bonchev–Trinajstić information content (AvgIpc) is 2.46. The van der Waals surface area contributed by atoms with Gasteiger partial charge in [0, 0.05) is 22.4 Å². The van der Waals surface area contributed by atoms with Crippen LogP contribution < -0.4 is 11.1 Å². The minimum atomic E-state index is -0.410. The SMILES string of the molecule is COC(=O)c1cc(N)ccc1NCc1ccccc1Br. The zero-order valence-electron chi connectivity index (χ0n) is 11.0. The topological polar surface area (TPSA) is 64.3 Å². The minimum Gasteiger partial charge on any atom is -0.465 e. The number of halogens is 1. The van der Waals surface area contributed by atoms with Gasteiger partial charge in [-0.25, -0.2) is 4.79 Å². The number of carbonyl (C=O) groups is 1. The Morgan fingerprint density at radius 2 is 2.05 bits per heavy atom. The lowest BCUT2D eigenvalue weighted by atomic mass is 10.1. The minimum absolute atomic E-state index is 0.410. The van der Waals surface area contributed by atoms with E-state index in [0.29, 0.717) is 23.5 Å². The molecular weight excluding hydrogens is 320 g/mol. The van der Waals surface area contributed by atoms with Crippen LogP contribution in [-0.2, 0) is 11.3 Å². The predicted molar refractivity (Wildman–Crippen MR) is 83.7 cm³/mol. The molecule has 0 amide bonds. The van der Waals surface area contributed by atoms with Gasteiger partial charge in [-0.15, -0.1) is 0 Å². The fourth-order valence-electron chi connectivity index (χ4n) is 1.83. The van der Waals surface area contributed by atoms with Crippen molar-refractivity contribution in [1.29, 1.82) is 0 Å². The maximum absolute atomic E-state index is 11.7. The van der Waals surface area contributed by atoms with Crippen molar-refractivity contribution in [3.05, 3.63) is 58.1 Å². The van der Waals surface area contributed by atoms with Crippen LogP contribution in [0.4, 0.5) is 11.4 Å². The number of methoxy groups -OCH3 is 1. The van der Waals surface area contributed by atoms with E-state index >= 15 is 0 Å². The second-order valence-corrected chi connectivity index (χ2v) is 5.10. The number of nitrogens with one attached hydrogen (secondary N) is 1. The van der Waals surface area contributed by atoms with Gasteiger partial charge in [0.2, 0.25) is 0 Å². The van der Waals surface area contributed by atoms with Crippen LogP contribution in [0.1, 0.15) is 15.9 Å². The molecule has 0 fully saturated rings. The molecule has 2 rings (SSSR count). The van der Waals surface area contributed by atoms with E-state index in [9.17, 15) is 4.79 Å². The van der Waals surface area contributed by atoms with Gasteiger partial charge in [-0.2, -0.15) is 0 Å². The van der Waals surface area contributed by atoms with Gasteiger partial charge in [0.1, 0.15) is 0 Å². The molecule has 0 saturated heterocycles. The highest BCUT2D eigenvalue weighted by molar-refractivity contribution is 9.10. The summed E-state index contributed by atoms with van der Waals surface area (Å²) in [4.78, 5) is 11.7. The molecule has 5 heteroatoms. The van der Waals surface area contributed by atoms with Gasteiger partial charge >= 0.3 is 5.97 Å². The molecule has 2 aromatic rings. The summed E-state index contributed by atoms with van der Waals surface area (Å²) < 4.78 is 5.78. The molecule has 0 atom stereocenters. The third kappa shape index (κ3) is 3.30. The van der Waals surface area contributed by atoms with E-state index in [1.807, 2.05) is 24.3 Å². The quantitative estimate of drug-likeness (QED) is 0.664. The molecule has 0 aromatic heterocycles. The zero-order chi connectivity index (χ0) is 14.5. The molecule has 0 unspecified atom stereocenters. The molecule has 0 bridgehead atoms. The van der Waals surface area contributed by atoms with Crippen molar-refractivity contribution >= 4 is 33.3 Å². The van der Waals surface area contributed by atoms with Crippen LogP contribution in [-0.4, -0.2) is 13.1 Å². The smallest absolute Gasteiger partial charge is 0.340 e. The van der Waals surface area contributed by atoms with Gasteiger partial charge in [-0.1, -0.05) is 34.1 Å². The van der Waals surface area contributed by atoms with Gasteiger partial charge in [0.25, 0.3) is 0 Å². The molecule has 0 radical (unpaired) electrons. The first-order valence-corrected chi connectivity index (χ1v) is 6.86. The Hall–Kier alpha value is -2.01. The Balaban J connectivity index is 2.21. The largest absolute Gasteiger partial charge is 0.465 e. The van der Waals surface area contributed by atoms with Crippen LogP contribution in [0.25, 0.3) is 0 Å². The molecule has 0 aliphatic rings. The van der Waals surface area contributed by atoms with Crippen LogP contribution >= 0.6 is 15.9 Å². The number of ether oxygens (including phenoxy) is 1. The number of nitrogens with two attached hydrogens (primary N) is 1. The van der Waals surface area contributed by atoms with E-state index in [2.05, 4.69) is 21.2 Å². The van der Waals surface area contributed by atoms with Crippen molar-refractivity contribution in [1.82, 2.24) is 0 Å². The zero-order valence-corrected chi connectivity index (χ0v) is 12.6. The third-order valence-electron chi connectivity index (χ3n) is 2.88. The van der Waals surface area contributed by atoms with Gasteiger partial charge in [-0.05, 0) is 29.8 Å². The summed E-state index contributed by atoms with van der Waals surface area (Å²) in [5.74, 6) is -0.410. The number of esters is 1. The highest BCUT2D eigenvalue weighted by atomic mass is 79.9. The lowest BCUT2D eigenvalue weighted by Gasteiger charge is -2.12. The Morgan fingerprint density at radius 1 is 1.30 bits per heavy atom. The second-order valence-electron chi connectivity index (χ2n) is 4.24. The molecule has 0 aliphatic carbocycles. The average molecular weight is 335 g/mol. The normalized spacial score (nSPS) is 10.1. The first-order valence-electron chi connectivity index (χ1n) is 6.07. The highest BCUT2D eigenvalue weighted by Gasteiger charge is 2.12. The summed E-state index contributed by atoms with van der Waals surface area (Å²) in [6.45, 7) is 0.593. The van der Waals surface area contributed by atoms with Crippen molar-refractivity contribution in [3.63, 3.8) is 0 Å². The molecule has 20 heavy (non-hydrogen) atoms. The van der Waals surface area contributed by atoms with E-state index in [4.69, 9.17) is 10.5 Å². The molecule has 0 spiro atoms. The van der Waals surface area contributed by atoms with Crippen LogP contribution in [0.15, 0.2) is 46.9 Å². The van der Waals surface area contributed by atoms with E-state index < -0.39 is 5.97 Å². The third-order valence-corrected chi connectivity index (χ3v) is 3.65. The van der Waals surface area contributed by atoms with Gasteiger partial charge in [0.05, 0.1) is 12.7 Å². The lowest BCUT2D eigenvalue weighted by molar-refractivity contribution is 0.0602. The van der Waals surface area contributed by atoms with E-state index in [0.717, 1.165) is 10.0 Å². The maximum Gasteiger partial charge on any atom is 0.340 e. The fraction of sp³-hybridized carbons (Fsp3) is 0.133. The molecule has 104 valence electrons. The molecule has 3 N–H and O–H groups in total. The number of carbonyl (C=O) groups excluding carboxylic acids is 1. The number of hydrogen-bond acceptors (Lipinski definition) is 4. The van der Waals surface area contributed by atoms with Crippen molar-refractivity contribution in [2.45, 2.75) is 6.54 Å². The van der Waals surface area contributed by atoms with Crippen molar-refractivity contribution in [3.8, 4) is 0 Å². The maximum atomic E-state index is 11.7. The highest BCUT2D eigenvalue weighted by Crippen LogP contribution is 2.22. The van der Waals surface area contributed by atoms with Crippen LogP contribution in [0.3, 0.4) is 0 Å². The standard InChI is InChI=1S/C15H15BrN2O2/c1-20-15(19)12-8-11(17)6-7-14(12)18-9-10-4-2-3-5-13(10)16/h2-8,18H,9,17H2,1H3. The molecule has 4 nitrogen and oxygen atoms in total. The van der Waals surface area contributed by atoms with E-state index in [-0.39, 0.29) is 0 Å². The number of rotatable bonds is 4. The summed E-state index contributed by atoms with van der Waals surface area (Å²) in [5, 5.41) is 3.23. The summed E-state index contributed by atoms with van der Waals surface area (Å²) in [5.41, 5.74) is 8.46. The van der Waals surface area contributed by atoms with Crippen LogP contribution in [0.2, 0.25) is 0 Å². The lowest BCUT2D eigenvalue weighted by Crippen LogP contribution is -2.09. The first-order chi connectivity index (χ1) is 9.61. The second kappa shape index (κ2) is 6.43. The van der Waals surface area contributed by atoms with E-state index in [1.165, 1.54) is 7.11 Å². The number of anilines is 2. The number of nitrogen functional groups attached to an aromatic ring is 1. The van der Waals surface area contributed by atoms with Gasteiger partial charge < -0.3 is 15.8 Å². The van der Waals surface area contributed by atoms with Gasteiger partial charge in [-0.3, -0.25) is 0 Å². The fourth-order valence-corrected chi connectivity index (χ4v) is 2.25. The number of hydrogen-bond donors (Lipinski definition) is 2. The van der Waals surface area contributed by atoms with Crippen molar-refractivity contribution in [2.24, 2.45) is 0 Å². The summed E-state index contributed by atoms with van der Waals surface area (Å²) >= 11 is 3.49. The summed E-state index contributed by atoms with van der Waals surface area (Å²) in [6, 6.07) is 13.0. The van der Waals surface area contributed by atoms with Crippen molar-refractivity contribution in [2.75, 3.05) is 18.2 Å². The molecule has 0 saturated carbocycles. The molecule has 0 heterocycles. The van der Waals surface area contributed by atoms with Crippen LogP contribution in [0.5, 0.6) is 0 Å². The Bertz CT molecular complexity index is 629. The Kier molecular flexibility index (Phi) is 4.63. The molecule has 0 aliphatic heterocycles. The monoisotopic (exact) mass is 334 g/mol. The Morgan fingerprint density at radius 3 is 2.75 bits per heavy atom. The first kappa shape index (κ1) is 14.4. The summed E-state index contributed by atoms with van der Waals surface area (Å²) in [6.07, 6.45) is 0. The van der Waals surface area contributed by atoms with E-state index in [1.54, 1.807) is 18.2 Å². The molecular formula is C15H15BrN2O2. The Labute approximate surface area is 126 Å². The predicted octanol–water partition coefficient (Wildman–Crippen LogP) is 3.43. The van der Waals surface area contributed by atoms with Gasteiger partial charge in [0.15, 0.2) is 0 Å². The van der Waals surface area contributed by atoms with Crippen molar-refractivity contribution < 1.29 is 9.53 Å². The van der Waals surface area contributed by atoms with Crippen LogP contribution in [0, 0.1) is 0 Å². The summed E-state index contributed by atoms with van der Waals surface area (Å²) in [7, 11) is 1.35. The molecule has 2 aromatic carbocycles.